The highest BCUT2D eigenvalue weighted by atomic mass is 32.1. The quantitative estimate of drug-likeness (QED) is 0.825. The molecule has 0 aromatic carbocycles. The minimum absolute atomic E-state index is 0.0408. The van der Waals surface area contributed by atoms with Crippen LogP contribution in [0.1, 0.15) is 40.0 Å². The number of aromatic nitrogens is 2. The van der Waals surface area contributed by atoms with E-state index in [0.717, 1.165) is 21.1 Å². The van der Waals surface area contributed by atoms with Gasteiger partial charge in [0.05, 0.1) is 42.6 Å². The van der Waals surface area contributed by atoms with Crippen molar-refractivity contribution in [3.8, 4) is 5.75 Å². The zero-order valence-electron chi connectivity index (χ0n) is 14.7. The first-order valence-corrected chi connectivity index (χ1v) is 9.17. The van der Waals surface area contributed by atoms with Gasteiger partial charge in [0.2, 0.25) is 5.91 Å². The maximum absolute atomic E-state index is 12.6. The number of hydrogen-bond donors (Lipinski definition) is 2. The second-order valence-corrected chi connectivity index (χ2v) is 7.79. The molecule has 6 nitrogen and oxygen atoms in total. The van der Waals surface area contributed by atoms with Crippen LogP contribution in [-0.2, 0) is 11.2 Å². The molecule has 1 saturated carbocycles. The number of aliphatic hydroxyl groups is 1. The number of rotatable bonds is 6. The lowest BCUT2D eigenvalue weighted by Crippen LogP contribution is -2.41. The molecule has 0 saturated heterocycles. The van der Waals surface area contributed by atoms with Gasteiger partial charge in [-0.15, -0.1) is 11.3 Å². The fourth-order valence-corrected chi connectivity index (χ4v) is 4.14. The minimum Gasteiger partial charge on any atom is -0.495 e. The second kappa shape index (κ2) is 7.49. The Hall–Kier alpha value is -1.99. The third kappa shape index (κ3) is 4.16. The molecule has 2 aromatic heterocycles. The third-order valence-corrected chi connectivity index (χ3v) is 5.66. The number of methoxy groups -OCH3 is 1. The lowest BCUT2D eigenvalue weighted by molar-refractivity contribution is -0.122. The molecule has 0 spiro atoms. The van der Waals surface area contributed by atoms with Crippen LogP contribution in [0.25, 0.3) is 0 Å². The second-order valence-electron chi connectivity index (χ2n) is 6.51. The smallest absolute Gasteiger partial charge is 0.225 e. The van der Waals surface area contributed by atoms with E-state index in [4.69, 9.17) is 4.74 Å². The van der Waals surface area contributed by atoms with Crippen LogP contribution in [0.3, 0.4) is 0 Å². The summed E-state index contributed by atoms with van der Waals surface area (Å²) >= 11 is 1.56. The number of carbonyl (C=O) groups is 1. The molecule has 3 rings (SSSR count). The summed E-state index contributed by atoms with van der Waals surface area (Å²) in [5.41, 5.74) is 1.82. The lowest BCUT2D eigenvalue weighted by Gasteiger charge is -2.38. The van der Waals surface area contributed by atoms with Crippen molar-refractivity contribution in [2.24, 2.45) is 5.92 Å². The Kier molecular flexibility index (Phi) is 5.34. The zero-order valence-corrected chi connectivity index (χ0v) is 15.5. The monoisotopic (exact) mass is 361 g/mol. The van der Waals surface area contributed by atoms with Gasteiger partial charge in [0.25, 0.3) is 0 Å². The topological polar surface area (TPSA) is 84.3 Å². The average Bonchev–Trinajstić information content (AvgIpc) is 2.87. The number of nitrogens with one attached hydrogen (secondary N) is 1. The molecule has 1 amide bonds. The number of aryl methyl sites for hydroxylation is 2. The van der Waals surface area contributed by atoms with Gasteiger partial charge in [-0.05, 0) is 44.2 Å². The summed E-state index contributed by atoms with van der Waals surface area (Å²) in [4.78, 5) is 22.2. The molecule has 1 aliphatic rings. The van der Waals surface area contributed by atoms with Gasteiger partial charge >= 0.3 is 0 Å². The fourth-order valence-electron chi connectivity index (χ4n) is 3.20. The normalized spacial score (nSPS) is 20.6. The predicted molar refractivity (Wildman–Crippen MR) is 95.7 cm³/mol. The van der Waals surface area contributed by atoms with E-state index in [9.17, 15) is 9.90 Å². The number of carbonyl (C=O) groups excluding carboxylic acids is 1. The molecule has 1 fully saturated rings. The molecule has 2 heterocycles. The van der Waals surface area contributed by atoms with Gasteiger partial charge in [-0.3, -0.25) is 9.78 Å². The maximum atomic E-state index is 12.6. The number of thiazole rings is 1. The molecule has 134 valence electrons. The fraction of sp³-hybridized carbons (Fsp3) is 0.500. The first-order chi connectivity index (χ1) is 12.0. The summed E-state index contributed by atoms with van der Waals surface area (Å²) in [7, 11) is 1.59. The van der Waals surface area contributed by atoms with Gasteiger partial charge in [-0.1, -0.05) is 0 Å². The van der Waals surface area contributed by atoms with Crippen LogP contribution in [0.2, 0.25) is 0 Å². The van der Waals surface area contributed by atoms with Crippen LogP contribution in [0.4, 0.5) is 0 Å². The van der Waals surface area contributed by atoms with Crippen LogP contribution in [0.15, 0.2) is 18.5 Å². The number of pyridine rings is 1. The summed E-state index contributed by atoms with van der Waals surface area (Å²) in [5.74, 6) is 0.823. The Morgan fingerprint density at radius 3 is 2.80 bits per heavy atom. The van der Waals surface area contributed by atoms with Crippen LogP contribution >= 0.6 is 11.3 Å². The summed E-state index contributed by atoms with van der Waals surface area (Å²) in [6.07, 6.45) is 4.79. The molecule has 0 bridgehead atoms. The Morgan fingerprint density at radius 1 is 1.44 bits per heavy atom. The number of amides is 1. The van der Waals surface area contributed by atoms with Crippen LogP contribution in [0, 0.1) is 19.8 Å². The van der Waals surface area contributed by atoms with Gasteiger partial charge in [0.1, 0.15) is 5.75 Å². The van der Waals surface area contributed by atoms with Crippen molar-refractivity contribution in [2.75, 3.05) is 7.11 Å². The van der Waals surface area contributed by atoms with Crippen molar-refractivity contribution < 1.29 is 14.6 Å². The molecule has 0 radical (unpaired) electrons. The summed E-state index contributed by atoms with van der Waals surface area (Å²) in [5, 5.41) is 13.8. The Morgan fingerprint density at radius 2 is 2.20 bits per heavy atom. The highest BCUT2D eigenvalue weighted by molar-refractivity contribution is 7.11. The van der Waals surface area contributed by atoms with Crippen molar-refractivity contribution in [1.82, 2.24) is 15.3 Å². The average molecular weight is 361 g/mol. The molecule has 0 aliphatic heterocycles. The van der Waals surface area contributed by atoms with Gasteiger partial charge in [0.15, 0.2) is 0 Å². The van der Waals surface area contributed by atoms with E-state index in [-0.39, 0.29) is 24.0 Å². The van der Waals surface area contributed by atoms with Crippen molar-refractivity contribution in [1.29, 1.82) is 0 Å². The van der Waals surface area contributed by atoms with Crippen molar-refractivity contribution in [2.45, 2.75) is 45.3 Å². The Labute approximate surface area is 151 Å². The number of hydrogen-bond acceptors (Lipinski definition) is 6. The number of aliphatic hydroxyl groups excluding tert-OH is 1. The molecular weight excluding hydrogens is 338 g/mol. The summed E-state index contributed by atoms with van der Waals surface area (Å²) in [6.45, 7) is 3.87. The molecule has 1 unspecified atom stereocenters. The third-order valence-electron chi connectivity index (χ3n) is 4.59. The van der Waals surface area contributed by atoms with Crippen molar-refractivity contribution >= 4 is 17.2 Å². The number of ether oxygens (including phenoxy) is 1. The number of nitrogens with zero attached hydrogens (tertiary/aromatic N) is 2. The Bertz CT molecular complexity index is 756. The minimum atomic E-state index is -0.283. The largest absolute Gasteiger partial charge is 0.495 e. The van der Waals surface area contributed by atoms with E-state index in [0.29, 0.717) is 25.0 Å². The Balaban J connectivity index is 1.75. The van der Waals surface area contributed by atoms with Gasteiger partial charge in [0, 0.05) is 11.1 Å². The highest BCUT2D eigenvalue weighted by Crippen LogP contribution is 2.38. The molecule has 2 aromatic rings. The highest BCUT2D eigenvalue weighted by Gasteiger charge is 2.36. The maximum Gasteiger partial charge on any atom is 0.225 e. The molecule has 1 atom stereocenters. The van der Waals surface area contributed by atoms with Crippen LogP contribution in [-0.4, -0.2) is 34.2 Å². The first-order valence-electron chi connectivity index (χ1n) is 8.35. The summed E-state index contributed by atoms with van der Waals surface area (Å²) < 4.78 is 5.25. The molecule has 7 heteroatoms. The molecular formula is C18H23N3O3S. The van der Waals surface area contributed by atoms with E-state index in [2.05, 4.69) is 15.3 Å². The van der Waals surface area contributed by atoms with E-state index < -0.39 is 0 Å². The first kappa shape index (κ1) is 17.8. The lowest BCUT2D eigenvalue weighted by atomic mass is 9.75. The van der Waals surface area contributed by atoms with Crippen molar-refractivity contribution in [3.63, 3.8) is 0 Å². The van der Waals surface area contributed by atoms with Crippen LogP contribution < -0.4 is 10.1 Å². The van der Waals surface area contributed by atoms with E-state index in [1.54, 1.807) is 30.8 Å². The van der Waals surface area contributed by atoms with Gasteiger partial charge < -0.3 is 15.2 Å². The van der Waals surface area contributed by atoms with Crippen LogP contribution in [0.5, 0.6) is 5.75 Å². The molecule has 2 N–H and O–H groups in total. The molecule has 25 heavy (non-hydrogen) atoms. The van der Waals surface area contributed by atoms with E-state index >= 15 is 0 Å². The van der Waals surface area contributed by atoms with E-state index in [1.807, 2.05) is 19.9 Å². The molecule has 1 aliphatic carbocycles. The standard InChI is InChI=1S/C18H23N3O3S/c1-10-16(25-11(2)20-10)7-17(23)21-18(12-4-14(22)5-12)13-6-15(24-3)9-19-8-13/h6,8-9,12,14,18,22H,4-5,7H2,1-3H3,(H,21,23). The van der Waals surface area contributed by atoms with E-state index in [1.165, 1.54) is 0 Å². The van der Waals surface area contributed by atoms with Gasteiger partial charge in [-0.2, -0.15) is 0 Å². The summed E-state index contributed by atoms with van der Waals surface area (Å²) in [6, 6.07) is 1.72. The SMILES string of the molecule is COc1cncc(C(NC(=O)Cc2sc(C)nc2C)C2CC(O)C2)c1. The zero-order chi connectivity index (χ0) is 18.0. The van der Waals surface area contributed by atoms with Gasteiger partial charge in [-0.25, -0.2) is 4.98 Å². The predicted octanol–water partition coefficient (Wildman–Crippen LogP) is 2.33. The van der Waals surface area contributed by atoms with Crippen molar-refractivity contribution in [3.05, 3.63) is 39.6 Å².